The molecule has 2 aromatic heterocycles. The van der Waals surface area contributed by atoms with Gasteiger partial charge in [0.15, 0.2) is 5.78 Å². The number of amides is 1. The molecule has 2 heterocycles. The number of allylic oxidation sites excluding steroid dienone is 5. The molecule has 0 bridgehead atoms. The Bertz CT molecular complexity index is 1200. The molecule has 2 rings (SSSR count). The molecule has 0 unspecified atom stereocenters. The van der Waals surface area contributed by atoms with Crippen LogP contribution in [0.15, 0.2) is 83.6 Å². The Morgan fingerprint density at radius 1 is 1.14 bits per heavy atom. The fourth-order valence-corrected chi connectivity index (χ4v) is 2.91. The second-order valence-corrected chi connectivity index (χ2v) is 9.19. The number of nitrogens with two attached hydrogens (primary N) is 1. The van der Waals surface area contributed by atoms with Gasteiger partial charge in [-0.2, -0.15) is 0 Å². The third-order valence-electron chi connectivity index (χ3n) is 4.74. The summed E-state index contributed by atoms with van der Waals surface area (Å²) in [5, 5.41) is 5.73. The highest BCUT2D eigenvalue weighted by molar-refractivity contribution is 6.08. The molecule has 0 spiro atoms. The molecule has 0 saturated heterocycles. The maximum Gasteiger partial charge on any atom is 0.412 e. The van der Waals surface area contributed by atoms with E-state index in [0.717, 1.165) is 5.56 Å². The third-order valence-corrected chi connectivity index (χ3v) is 4.74. The first-order valence-electron chi connectivity index (χ1n) is 11.4. The van der Waals surface area contributed by atoms with E-state index < -0.39 is 11.7 Å². The number of alkyl carbamates (subject to hydrolysis) is 1. The van der Waals surface area contributed by atoms with Crippen molar-refractivity contribution in [2.45, 2.75) is 47.1 Å². The Labute approximate surface area is 212 Å². The molecule has 0 aromatic carbocycles. The van der Waals surface area contributed by atoms with Gasteiger partial charge in [-0.3, -0.25) is 15.1 Å². The number of carbonyl (C=O) groups excluding carboxylic acids is 2. The highest BCUT2D eigenvalue weighted by Gasteiger charge is 2.18. The molecule has 0 fully saturated rings. The minimum absolute atomic E-state index is 0.135. The summed E-state index contributed by atoms with van der Waals surface area (Å²) in [6.45, 7) is 14.4. The summed E-state index contributed by atoms with van der Waals surface area (Å²) in [7, 11) is 0. The van der Waals surface area contributed by atoms with Crippen LogP contribution in [0.1, 0.15) is 41.5 Å². The topological polar surface area (TPSA) is 132 Å². The van der Waals surface area contributed by atoms with E-state index in [9.17, 15) is 9.59 Å². The maximum absolute atomic E-state index is 13.1. The standard InChI is InChI=1S/C27H34N6O3/c1-17(2)22(33-26(35)36-27(5,6)7)11-10-18(3)24(34)21(19(4)28)16-31-25-30-14-12-23(32-25)20-9-8-13-29-15-20/h8-15H,1,16,28H2,2-7H3,(H,33,35)(H,30,31,32)/b18-10+,21-19-,22-11+. The van der Waals surface area contributed by atoms with E-state index in [2.05, 4.69) is 32.2 Å². The first-order valence-corrected chi connectivity index (χ1v) is 11.4. The number of ether oxygens (including phenoxy) is 1. The average molecular weight is 491 g/mol. The zero-order valence-electron chi connectivity index (χ0n) is 21.7. The molecule has 190 valence electrons. The summed E-state index contributed by atoms with van der Waals surface area (Å²) in [6, 6.07) is 5.51. The fourth-order valence-electron chi connectivity index (χ4n) is 2.91. The summed E-state index contributed by atoms with van der Waals surface area (Å²) in [4.78, 5) is 38.1. The lowest BCUT2D eigenvalue weighted by Crippen LogP contribution is -2.32. The summed E-state index contributed by atoms with van der Waals surface area (Å²) in [6.07, 6.45) is 7.64. The van der Waals surface area contributed by atoms with Gasteiger partial charge in [-0.25, -0.2) is 14.8 Å². The minimum Gasteiger partial charge on any atom is -0.444 e. The third kappa shape index (κ3) is 8.83. The smallest absolute Gasteiger partial charge is 0.412 e. The van der Waals surface area contributed by atoms with Gasteiger partial charge in [-0.1, -0.05) is 12.7 Å². The van der Waals surface area contributed by atoms with Crippen molar-refractivity contribution in [1.29, 1.82) is 0 Å². The van der Waals surface area contributed by atoms with E-state index in [0.29, 0.717) is 39.8 Å². The molecular weight excluding hydrogens is 456 g/mol. The van der Waals surface area contributed by atoms with Gasteiger partial charge in [0, 0.05) is 47.7 Å². The Morgan fingerprint density at radius 2 is 1.86 bits per heavy atom. The number of hydrogen-bond donors (Lipinski definition) is 3. The molecule has 9 nitrogen and oxygen atoms in total. The van der Waals surface area contributed by atoms with Crippen LogP contribution in [0.25, 0.3) is 11.3 Å². The van der Waals surface area contributed by atoms with Gasteiger partial charge in [0.2, 0.25) is 5.95 Å². The van der Waals surface area contributed by atoms with E-state index in [4.69, 9.17) is 10.5 Å². The number of rotatable bonds is 9. The summed E-state index contributed by atoms with van der Waals surface area (Å²) in [5.74, 6) is 0.107. The molecule has 0 radical (unpaired) electrons. The molecule has 0 aliphatic heterocycles. The van der Waals surface area contributed by atoms with Crippen LogP contribution < -0.4 is 16.4 Å². The van der Waals surface area contributed by atoms with Crippen molar-refractivity contribution in [3.05, 3.63) is 83.6 Å². The van der Waals surface area contributed by atoms with Crippen LogP contribution in [0, 0.1) is 0 Å². The molecular formula is C27H34N6O3. The van der Waals surface area contributed by atoms with Crippen molar-refractivity contribution in [3.63, 3.8) is 0 Å². The Morgan fingerprint density at radius 3 is 2.44 bits per heavy atom. The number of hydrogen-bond acceptors (Lipinski definition) is 8. The van der Waals surface area contributed by atoms with E-state index in [1.54, 1.807) is 78.4 Å². The van der Waals surface area contributed by atoms with Gasteiger partial charge in [0.05, 0.1) is 5.69 Å². The van der Waals surface area contributed by atoms with Gasteiger partial charge in [-0.05, 0) is 77.0 Å². The van der Waals surface area contributed by atoms with E-state index in [-0.39, 0.29) is 12.3 Å². The Kier molecular flexibility index (Phi) is 9.66. The second kappa shape index (κ2) is 12.4. The maximum atomic E-state index is 13.1. The number of nitrogens with zero attached hydrogens (tertiary/aromatic N) is 3. The second-order valence-electron chi connectivity index (χ2n) is 9.19. The molecule has 0 atom stereocenters. The zero-order chi connectivity index (χ0) is 26.9. The van der Waals surface area contributed by atoms with Crippen LogP contribution in [-0.4, -0.2) is 39.0 Å². The van der Waals surface area contributed by atoms with Crippen molar-refractivity contribution in [1.82, 2.24) is 20.3 Å². The van der Waals surface area contributed by atoms with Crippen LogP contribution in [-0.2, 0) is 9.53 Å². The number of Topliss-reactive ketones (excluding diaryl/α,β-unsaturated/α-hetero) is 1. The molecule has 36 heavy (non-hydrogen) atoms. The van der Waals surface area contributed by atoms with Crippen molar-refractivity contribution in [3.8, 4) is 11.3 Å². The zero-order valence-corrected chi connectivity index (χ0v) is 21.7. The Hall–Kier alpha value is -4.27. The van der Waals surface area contributed by atoms with E-state index in [1.165, 1.54) is 0 Å². The highest BCUT2D eigenvalue weighted by Crippen LogP contribution is 2.17. The van der Waals surface area contributed by atoms with Crippen molar-refractivity contribution < 1.29 is 14.3 Å². The molecule has 4 N–H and O–H groups in total. The summed E-state index contributed by atoms with van der Waals surface area (Å²) < 4.78 is 5.29. The summed E-state index contributed by atoms with van der Waals surface area (Å²) in [5.41, 5.74) is 9.16. The normalized spacial score (nSPS) is 12.9. The van der Waals surface area contributed by atoms with Gasteiger partial charge in [-0.15, -0.1) is 0 Å². The molecule has 0 aliphatic carbocycles. The number of anilines is 1. The number of aromatic nitrogens is 3. The van der Waals surface area contributed by atoms with Crippen LogP contribution in [0.3, 0.4) is 0 Å². The monoisotopic (exact) mass is 490 g/mol. The van der Waals surface area contributed by atoms with Crippen molar-refractivity contribution >= 4 is 17.8 Å². The molecule has 0 aliphatic rings. The first kappa shape index (κ1) is 28.0. The number of nitrogens with one attached hydrogen (secondary N) is 2. The quantitative estimate of drug-likeness (QED) is 0.341. The Balaban J connectivity index is 2.15. The van der Waals surface area contributed by atoms with Crippen LogP contribution in [0.2, 0.25) is 0 Å². The lowest BCUT2D eigenvalue weighted by atomic mass is 10.0. The van der Waals surface area contributed by atoms with E-state index >= 15 is 0 Å². The molecule has 1 amide bonds. The largest absolute Gasteiger partial charge is 0.444 e. The minimum atomic E-state index is -0.640. The predicted molar refractivity (Wildman–Crippen MR) is 142 cm³/mol. The van der Waals surface area contributed by atoms with Crippen LogP contribution in [0.4, 0.5) is 10.7 Å². The number of pyridine rings is 1. The van der Waals surface area contributed by atoms with Gasteiger partial charge in [0.1, 0.15) is 5.60 Å². The first-order chi connectivity index (χ1) is 16.9. The highest BCUT2D eigenvalue weighted by atomic mass is 16.6. The van der Waals surface area contributed by atoms with Crippen molar-refractivity contribution in [2.75, 3.05) is 11.9 Å². The fraction of sp³-hybridized carbons (Fsp3) is 0.296. The average Bonchev–Trinajstić information content (AvgIpc) is 2.80. The number of carbonyl (C=O) groups is 2. The lowest BCUT2D eigenvalue weighted by Gasteiger charge is -2.20. The van der Waals surface area contributed by atoms with E-state index in [1.807, 2.05) is 12.1 Å². The van der Waals surface area contributed by atoms with Crippen molar-refractivity contribution in [2.24, 2.45) is 5.73 Å². The molecule has 9 heteroatoms. The van der Waals surface area contributed by atoms with Crippen LogP contribution in [0.5, 0.6) is 0 Å². The predicted octanol–water partition coefficient (Wildman–Crippen LogP) is 4.68. The SMILES string of the molecule is C=C(C)/C(=C\C=C(/C)C(=O)/C(CNc1nccc(-c2cccnc2)n1)=C(/C)N)NC(=O)OC(C)(C)C. The van der Waals surface area contributed by atoms with Crippen LogP contribution >= 0.6 is 0 Å². The molecule has 0 saturated carbocycles. The number of ketones is 1. The lowest BCUT2D eigenvalue weighted by molar-refractivity contribution is -0.112. The van der Waals surface area contributed by atoms with Gasteiger partial charge >= 0.3 is 6.09 Å². The molecule has 2 aromatic rings. The van der Waals surface area contributed by atoms with Gasteiger partial charge < -0.3 is 15.8 Å². The van der Waals surface area contributed by atoms with Gasteiger partial charge in [0.25, 0.3) is 0 Å². The summed E-state index contributed by atoms with van der Waals surface area (Å²) >= 11 is 0.